The average molecular weight is 380 g/mol. The molecule has 2 rings (SSSR count). The van der Waals surface area contributed by atoms with Crippen LogP contribution in [0, 0.1) is 5.92 Å². The van der Waals surface area contributed by atoms with Crippen molar-refractivity contribution in [2.24, 2.45) is 5.92 Å². The van der Waals surface area contributed by atoms with Gasteiger partial charge in [0.15, 0.2) is 5.78 Å². The van der Waals surface area contributed by atoms with Crippen molar-refractivity contribution in [1.82, 2.24) is 0 Å². The van der Waals surface area contributed by atoms with Crippen LogP contribution in [0.25, 0.3) is 0 Å². The monoisotopic (exact) mass is 380 g/mol. The van der Waals surface area contributed by atoms with Gasteiger partial charge < -0.3 is 19.7 Å². The molecule has 0 radical (unpaired) electrons. The van der Waals surface area contributed by atoms with E-state index >= 15 is 0 Å². The van der Waals surface area contributed by atoms with Crippen molar-refractivity contribution in [3.05, 3.63) is 47.7 Å². The average Bonchev–Trinajstić information content (AvgIpc) is 2.52. The summed E-state index contributed by atoms with van der Waals surface area (Å²) in [5.74, 6) is -2.79. The Kier molecular flexibility index (Phi) is 6.85. The molecule has 0 spiro atoms. The predicted molar refractivity (Wildman–Crippen MR) is 90.4 cm³/mol. The number of Topliss-reactive ketones (excluding diaryl/α,β-unsaturated/α-hetero) is 1. The quantitative estimate of drug-likeness (QED) is 0.376. The van der Waals surface area contributed by atoms with Crippen molar-refractivity contribution in [3.63, 3.8) is 0 Å². The normalized spacial score (nSPS) is 22.6. The maximum atomic E-state index is 12.6. The van der Waals surface area contributed by atoms with Crippen LogP contribution in [0.4, 0.5) is 0 Å². The molecule has 132 valence electrons. The van der Waals surface area contributed by atoms with Gasteiger partial charge in [0, 0.05) is 12.1 Å². The van der Waals surface area contributed by atoms with E-state index in [1.54, 1.807) is 0 Å². The molecule has 2 atom stereocenters. The molecule has 1 aromatic rings. The Balaban J connectivity index is 0.00000312. The van der Waals surface area contributed by atoms with Gasteiger partial charge in [-0.25, -0.2) is 0 Å². The number of allylic oxidation sites excluding steroid dienone is 1. The standard InChI is InChI=1S/C15H16O8S.Na.H/c1-22-9-3-5-11(13(16)7-9)14(17)12-6-4-10(23-2)8-15(12,18)24(19,20)21;;/h3-8,12,16,18H,1-2H3,(H,19,20,21);;. The van der Waals surface area contributed by atoms with Crippen molar-refractivity contribution < 1.29 is 37.5 Å². The van der Waals surface area contributed by atoms with E-state index in [1.807, 2.05) is 0 Å². The molecule has 0 heterocycles. The molecule has 2 unspecified atom stereocenters. The van der Waals surface area contributed by atoms with Crippen LogP contribution < -0.4 is 4.74 Å². The van der Waals surface area contributed by atoms with Gasteiger partial charge in [0.05, 0.1) is 25.7 Å². The second-order valence-corrected chi connectivity index (χ2v) is 6.67. The molecule has 0 bridgehead atoms. The number of hydrogen-bond acceptors (Lipinski definition) is 7. The summed E-state index contributed by atoms with van der Waals surface area (Å²) < 4.78 is 42.4. The molecule has 8 nitrogen and oxygen atoms in total. The topological polar surface area (TPSA) is 130 Å². The van der Waals surface area contributed by atoms with Crippen molar-refractivity contribution in [2.45, 2.75) is 4.93 Å². The molecule has 25 heavy (non-hydrogen) atoms. The molecule has 0 amide bonds. The number of phenolic OH excluding ortho intramolecular Hbond substituents is 1. The molecule has 0 saturated carbocycles. The van der Waals surface area contributed by atoms with E-state index in [2.05, 4.69) is 0 Å². The first-order valence-corrected chi connectivity index (χ1v) is 8.13. The molecule has 3 N–H and O–H groups in total. The summed E-state index contributed by atoms with van der Waals surface area (Å²) in [6.07, 6.45) is 3.09. The van der Waals surface area contributed by atoms with Crippen molar-refractivity contribution >= 4 is 45.5 Å². The number of phenols is 1. The number of ketones is 1. The summed E-state index contributed by atoms with van der Waals surface area (Å²) in [4.78, 5) is 9.70. The van der Waals surface area contributed by atoms with Gasteiger partial charge >= 0.3 is 29.6 Å². The summed E-state index contributed by atoms with van der Waals surface area (Å²) in [5, 5.41) is 20.4. The number of ether oxygens (including phenoxy) is 2. The van der Waals surface area contributed by atoms with Crippen LogP contribution in [0.15, 0.2) is 42.2 Å². The van der Waals surface area contributed by atoms with Gasteiger partial charge in [-0.3, -0.25) is 9.35 Å². The molecular weight excluding hydrogens is 363 g/mol. The first-order valence-electron chi connectivity index (χ1n) is 6.69. The van der Waals surface area contributed by atoms with Crippen LogP contribution in [-0.4, -0.2) is 77.7 Å². The fraction of sp³-hybridized carbons (Fsp3) is 0.267. The summed E-state index contributed by atoms with van der Waals surface area (Å²) in [6, 6.07) is 3.79. The second-order valence-electron chi connectivity index (χ2n) is 5.06. The van der Waals surface area contributed by atoms with E-state index in [1.165, 1.54) is 38.5 Å². The molecule has 0 saturated heterocycles. The second kappa shape index (κ2) is 7.90. The van der Waals surface area contributed by atoms with Gasteiger partial charge in [-0.2, -0.15) is 8.42 Å². The van der Waals surface area contributed by atoms with E-state index in [0.29, 0.717) is 0 Å². The van der Waals surface area contributed by atoms with Crippen molar-refractivity contribution in [3.8, 4) is 11.5 Å². The fourth-order valence-corrected chi connectivity index (χ4v) is 3.09. The Morgan fingerprint density at radius 2 is 1.88 bits per heavy atom. The number of aliphatic hydroxyl groups is 1. The third kappa shape index (κ3) is 4.08. The Morgan fingerprint density at radius 1 is 1.24 bits per heavy atom. The van der Waals surface area contributed by atoms with Crippen LogP contribution in [0.5, 0.6) is 11.5 Å². The molecule has 0 aromatic heterocycles. The molecule has 0 fully saturated rings. The zero-order chi connectivity index (χ0) is 18.1. The SMILES string of the molecule is COC1=CC(O)(S(=O)(=O)O)C(C(=O)c2ccc(OC)cc2O)C=C1.[NaH]. The number of benzene rings is 1. The molecule has 0 aliphatic heterocycles. The van der Waals surface area contributed by atoms with E-state index < -0.39 is 32.5 Å². The van der Waals surface area contributed by atoms with Gasteiger partial charge in [0.2, 0.25) is 4.93 Å². The molecule has 1 aromatic carbocycles. The summed E-state index contributed by atoms with van der Waals surface area (Å²) in [7, 11) is -2.47. The minimum absolute atomic E-state index is 0. The van der Waals surface area contributed by atoms with E-state index in [0.717, 1.165) is 12.2 Å². The zero-order valence-corrected chi connectivity index (χ0v) is 13.6. The van der Waals surface area contributed by atoms with Gasteiger partial charge in [-0.05, 0) is 18.2 Å². The van der Waals surface area contributed by atoms with Crippen molar-refractivity contribution in [1.29, 1.82) is 0 Å². The van der Waals surface area contributed by atoms with E-state index in [-0.39, 0.29) is 46.6 Å². The van der Waals surface area contributed by atoms with Crippen molar-refractivity contribution in [2.75, 3.05) is 14.2 Å². The van der Waals surface area contributed by atoms with Crippen LogP contribution in [0.3, 0.4) is 0 Å². The van der Waals surface area contributed by atoms with Gasteiger partial charge in [0.25, 0.3) is 10.1 Å². The zero-order valence-electron chi connectivity index (χ0n) is 12.8. The number of methoxy groups -OCH3 is 2. The molecule has 1 aliphatic rings. The third-order valence-electron chi connectivity index (χ3n) is 3.65. The summed E-state index contributed by atoms with van der Waals surface area (Å²) in [5.41, 5.74) is -0.234. The third-order valence-corrected chi connectivity index (χ3v) is 4.85. The number of aromatic hydroxyl groups is 1. The summed E-state index contributed by atoms with van der Waals surface area (Å²) >= 11 is 0. The Labute approximate surface area is 166 Å². The van der Waals surface area contributed by atoms with Crippen LogP contribution in [0.2, 0.25) is 0 Å². The van der Waals surface area contributed by atoms with Crippen LogP contribution in [-0.2, 0) is 14.9 Å². The first-order chi connectivity index (χ1) is 11.1. The van der Waals surface area contributed by atoms with E-state index in [9.17, 15) is 28.0 Å². The number of hydrogen-bond donors (Lipinski definition) is 3. The number of carbonyl (C=O) groups is 1. The van der Waals surface area contributed by atoms with Gasteiger partial charge in [-0.15, -0.1) is 0 Å². The predicted octanol–water partition coefficient (Wildman–Crippen LogP) is 0.228. The summed E-state index contributed by atoms with van der Waals surface area (Å²) in [6.45, 7) is 0. The van der Waals surface area contributed by atoms with Gasteiger partial charge in [0.1, 0.15) is 17.3 Å². The fourth-order valence-electron chi connectivity index (χ4n) is 2.32. The Bertz CT molecular complexity index is 830. The van der Waals surface area contributed by atoms with Crippen LogP contribution >= 0.6 is 0 Å². The number of carbonyl (C=O) groups excluding carboxylic acids is 1. The number of rotatable bonds is 5. The Morgan fingerprint density at radius 3 is 2.36 bits per heavy atom. The van der Waals surface area contributed by atoms with E-state index in [4.69, 9.17) is 9.47 Å². The Hall–Kier alpha value is -1.36. The van der Waals surface area contributed by atoms with Crippen LogP contribution in [0.1, 0.15) is 10.4 Å². The minimum atomic E-state index is -5.08. The first kappa shape index (κ1) is 21.7. The van der Waals surface area contributed by atoms with Gasteiger partial charge in [-0.1, -0.05) is 6.08 Å². The maximum absolute atomic E-state index is 12.6. The molecular formula is C15H17NaO8S. The molecule has 1 aliphatic carbocycles. The molecule has 10 heteroatoms.